The Balaban J connectivity index is 1.88. The van der Waals surface area contributed by atoms with Crippen molar-refractivity contribution in [2.24, 2.45) is 0 Å². The summed E-state index contributed by atoms with van der Waals surface area (Å²) in [7, 11) is 0. The number of hydrogen-bond donors (Lipinski definition) is 1. The number of rotatable bonds is 4. The fourth-order valence-corrected chi connectivity index (χ4v) is 3.50. The van der Waals surface area contributed by atoms with Gasteiger partial charge in [0.1, 0.15) is 0 Å². The Bertz CT molecular complexity index is 1020. The van der Waals surface area contributed by atoms with Crippen molar-refractivity contribution in [2.45, 2.75) is 5.92 Å². The number of fused-ring (bicyclic) bond motifs is 1. The number of aromatic amines is 1. The molecule has 0 saturated carbocycles. The first kappa shape index (κ1) is 15.9. The zero-order chi connectivity index (χ0) is 17.2. The lowest BCUT2D eigenvalue weighted by atomic mass is 9.85. The molecule has 4 rings (SSSR count). The molecule has 0 aliphatic heterocycles. The van der Waals surface area contributed by atoms with E-state index < -0.39 is 0 Å². The molecule has 1 unspecified atom stereocenters. The molecule has 0 aliphatic rings. The quantitative estimate of drug-likeness (QED) is 0.430. The van der Waals surface area contributed by atoms with E-state index in [1.807, 2.05) is 79.0 Å². The average molecular weight is 390 g/mol. The van der Waals surface area contributed by atoms with Gasteiger partial charge in [-0.3, -0.25) is 4.79 Å². The summed E-state index contributed by atoms with van der Waals surface area (Å²) < 4.78 is 0.965. The first-order valence-corrected chi connectivity index (χ1v) is 8.94. The molecule has 1 N–H and O–H groups in total. The Morgan fingerprint density at radius 3 is 2.28 bits per heavy atom. The van der Waals surface area contributed by atoms with E-state index in [2.05, 4.69) is 27.0 Å². The van der Waals surface area contributed by atoms with E-state index in [1.54, 1.807) is 0 Å². The van der Waals surface area contributed by atoms with Gasteiger partial charge in [0, 0.05) is 27.1 Å². The summed E-state index contributed by atoms with van der Waals surface area (Å²) in [6.07, 6.45) is 1.96. The third-order valence-corrected chi connectivity index (χ3v) is 4.98. The number of H-pyrrole nitrogens is 1. The molecule has 1 atom stereocenters. The molecule has 25 heavy (non-hydrogen) atoms. The van der Waals surface area contributed by atoms with Crippen LogP contribution in [0.4, 0.5) is 0 Å². The van der Waals surface area contributed by atoms with Crippen LogP contribution in [0.25, 0.3) is 10.9 Å². The van der Waals surface area contributed by atoms with E-state index >= 15 is 0 Å². The number of Topliss-reactive ketones (excluding diaryl/α,β-unsaturated/α-hetero) is 1. The predicted molar refractivity (Wildman–Crippen MR) is 105 cm³/mol. The zero-order valence-electron chi connectivity index (χ0n) is 13.4. The van der Waals surface area contributed by atoms with Crippen LogP contribution in [0.1, 0.15) is 27.4 Å². The molecule has 1 aromatic heterocycles. The summed E-state index contributed by atoms with van der Waals surface area (Å²) in [5.41, 5.74) is 3.76. The van der Waals surface area contributed by atoms with Gasteiger partial charge in [-0.15, -0.1) is 0 Å². The third-order valence-electron chi connectivity index (χ3n) is 4.46. The standard InChI is InChI=1S/C22H16BrNO/c23-17-12-10-16(11-13-17)22(25)21(15-6-2-1-3-7-15)19-14-24-20-9-5-4-8-18(19)20/h1-14,21,24H. The van der Waals surface area contributed by atoms with E-state index in [-0.39, 0.29) is 11.7 Å². The number of para-hydroxylation sites is 1. The SMILES string of the molecule is O=C(c1ccc(Br)cc1)C(c1ccccc1)c1c[nH]c2ccccc12. The van der Waals surface area contributed by atoms with Crippen molar-refractivity contribution in [3.8, 4) is 0 Å². The van der Waals surface area contributed by atoms with Crippen molar-refractivity contribution in [1.82, 2.24) is 4.98 Å². The van der Waals surface area contributed by atoms with Crippen LogP contribution in [-0.4, -0.2) is 10.8 Å². The van der Waals surface area contributed by atoms with E-state index in [1.165, 1.54) is 0 Å². The Kier molecular flexibility index (Phi) is 4.24. The van der Waals surface area contributed by atoms with Crippen molar-refractivity contribution >= 4 is 32.6 Å². The van der Waals surface area contributed by atoms with Crippen molar-refractivity contribution in [3.63, 3.8) is 0 Å². The predicted octanol–water partition coefficient (Wildman–Crippen LogP) is 5.95. The Morgan fingerprint density at radius 1 is 0.840 bits per heavy atom. The number of benzene rings is 3. The number of ketones is 1. The van der Waals surface area contributed by atoms with Crippen LogP contribution in [0, 0.1) is 0 Å². The molecule has 3 heteroatoms. The van der Waals surface area contributed by atoms with Gasteiger partial charge in [-0.2, -0.15) is 0 Å². The number of nitrogens with one attached hydrogen (secondary N) is 1. The topological polar surface area (TPSA) is 32.9 Å². The summed E-state index contributed by atoms with van der Waals surface area (Å²) in [5, 5.41) is 1.09. The van der Waals surface area contributed by atoms with E-state index in [9.17, 15) is 4.79 Å². The monoisotopic (exact) mass is 389 g/mol. The summed E-state index contributed by atoms with van der Waals surface area (Å²) in [5.74, 6) is -0.234. The molecule has 0 aliphatic carbocycles. The maximum atomic E-state index is 13.4. The van der Waals surface area contributed by atoms with Gasteiger partial charge in [-0.25, -0.2) is 0 Å². The third kappa shape index (κ3) is 3.03. The Hall–Kier alpha value is -2.65. The maximum Gasteiger partial charge on any atom is 0.174 e. The lowest BCUT2D eigenvalue weighted by Gasteiger charge is -2.16. The van der Waals surface area contributed by atoms with Crippen molar-refractivity contribution in [1.29, 1.82) is 0 Å². The Labute approximate surface area is 154 Å². The Morgan fingerprint density at radius 2 is 1.52 bits per heavy atom. The highest BCUT2D eigenvalue weighted by molar-refractivity contribution is 9.10. The van der Waals surface area contributed by atoms with Crippen molar-refractivity contribution in [2.75, 3.05) is 0 Å². The molecule has 0 saturated heterocycles. The minimum atomic E-state index is -0.335. The van der Waals surface area contributed by atoms with Crippen LogP contribution >= 0.6 is 15.9 Å². The van der Waals surface area contributed by atoms with E-state index in [4.69, 9.17) is 0 Å². The second-order valence-corrected chi connectivity index (χ2v) is 6.92. The van der Waals surface area contributed by atoms with Crippen molar-refractivity contribution in [3.05, 3.63) is 106 Å². The highest BCUT2D eigenvalue weighted by Gasteiger charge is 2.26. The molecule has 0 amide bonds. The van der Waals surface area contributed by atoms with Crippen LogP contribution in [0.15, 0.2) is 89.5 Å². The molecular weight excluding hydrogens is 374 g/mol. The summed E-state index contributed by atoms with van der Waals surface area (Å²) >= 11 is 3.43. The molecular formula is C22H16BrNO. The van der Waals surface area contributed by atoms with Gasteiger partial charge < -0.3 is 4.98 Å². The van der Waals surface area contributed by atoms with E-state index in [0.29, 0.717) is 5.56 Å². The molecule has 0 fully saturated rings. The number of aromatic nitrogens is 1. The second kappa shape index (κ2) is 6.69. The molecule has 0 spiro atoms. The summed E-state index contributed by atoms with van der Waals surface area (Å²) in [6.45, 7) is 0. The molecule has 1 heterocycles. The molecule has 4 aromatic rings. The fourth-order valence-electron chi connectivity index (χ4n) is 3.23. The number of carbonyl (C=O) groups is 1. The normalized spacial score (nSPS) is 12.2. The number of hydrogen-bond acceptors (Lipinski definition) is 1. The second-order valence-electron chi connectivity index (χ2n) is 6.00. The van der Waals surface area contributed by atoms with E-state index in [0.717, 1.165) is 26.5 Å². The van der Waals surface area contributed by atoms with Gasteiger partial charge in [0.2, 0.25) is 0 Å². The molecule has 0 bridgehead atoms. The van der Waals surface area contributed by atoms with Crippen LogP contribution in [-0.2, 0) is 0 Å². The van der Waals surface area contributed by atoms with Gasteiger partial charge in [0.05, 0.1) is 5.92 Å². The van der Waals surface area contributed by atoms with Gasteiger partial charge in [0.25, 0.3) is 0 Å². The molecule has 2 nitrogen and oxygen atoms in total. The molecule has 0 radical (unpaired) electrons. The lowest BCUT2D eigenvalue weighted by molar-refractivity contribution is 0.0974. The summed E-state index contributed by atoms with van der Waals surface area (Å²) in [6, 6.07) is 25.6. The molecule has 3 aromatic carbocycles. The van der Waals surface area contributed by atoms with Crippen LogP contribution in [0.3, 0.4) is 0 Å². The number of carbonyl (C=O) groups excluding carboxylic acids is 1. The molecule has 122 valence electrons. The zero-order valence-corrected chi connectivity index (χ0v) is 15.0. The first-order valence-electron chi connectivity index (χ1n) is 8.15. The van der Waals surface area contributed by atoms with Crippen LogP contribution < -0.4 is 0 Å². The average Bonchev–Trinajstić information content (AvgIpc) is 3.07. The van der Waals surface area contributed by atoms with Gasteiger partial charge >= 0.3 is 0 Å². The van der Waals surface area contributed by atoms with Gasteiger partial charge in [0.15, 0.2) is 5.78 Å². The first-order chi connectivity index (χ1) is 12.2. The maximum absolute atomic E-state index is 13.4. The number of halogens is 1. The highest BCUT2D eigenvalue weighted by atomic mass is 79.9. The highest BCUT2D eigenvalue weighted by Crippen LogP contribution is 2.33. The largest absolute Gasteiger partial charge is 0.361 e. The van der Waals surface area contributed by atoms with Gasteiger partial charge in [-0.05, 0) is 29.3 Å². The van der Waals surface area contributed by atoms with Crippen molar-refractivity contribution < 1.29 is 4.79 Å². The van der Waals surface area contributed by atoms with Gasteiger partial charge in [-0.1, -0.05) is 76.6 Å². The van der Waals surface area contributed by atoms with Crippen LogP contribution in [0.2, 0.25) is 0 Å². The minimum absolute atomic E-state index is 0.100. The smallest absolute Gasteiger partial charge is 0.174 e. The lowest BCUT2D eigenvalue weighted by Crippen LogP contribution is -2.14. The summed E-state index contributed by atoms with van der Waals surface area (Å²) in [4.78, 5) is 16.7. The minimum Gasteiger partial charge on any atom is -0.361 e. The van der Waals surface area contributed by atoms with Crippen LogP contribution in [0.5, 0.6) is 0 Å². The fraction of sp³-hybridized carbons (Fsp3) is 0.0455.